The van der Waals surface area contributed by atoms with Gasteiger partial charge in [-0.1, -0.05) is 0 Å². The summed E-state index contributed by atoms with van der Waals surface area (Å²) in [6.07, 6.45) is 0.161. The second-order valence-corrected chi connectivity index (χ2v) is 6.83. The molecule has 0 amide bonds. The van der Waals surface area contributed by atoms with Crippen molar-refractivity contribution in [3.05, 3.63) is 77.9 Å². The second kappa shape index (κ2) is 8.96. The van der Waals surface area contributed by atoms with Gasteiger partial charge >= 0.3 is 0 Å². The van der Waals surface area contributed by atoms with Gasteiger partial charge in [-0.05, 0) is 55.0 Å². The Morgan fingerprint density at radius 2 is 1.78 bits per heavy atom. The number of alkyl halides is 2. The van der Waals surface area contributed by atoms with Crippen LogP contribution in [0.15, 0.2) is 55.0 Å². The van der Waals surface area contributed by atoms with Crippen molar-refractivity contribution in [1.82, 2.24) is 24.9 Å². The van der Waals surface area contributed by atoms with Gasteiger partial charge < -0.3 is 10.5 Å². The van der Waals surface area contributed by atoms with E-state index in [-0.39, 0.29) is 18.4 Å². The lowest BCUT2D eigenvalue weighted by molar-refractivity contribution is 0.146. The van der Waals surface area contributed by atoms with E-state index in [9.17, 15) is 13.2 Å². The molecule has 162 valence electrons. The van der Waals surface area contributed by atoms with Crippen molar-refractivity contribution in [2.75, 3.05) is 5.73 Å². The summed E-state index contributed by atoms with van der Waals surface area (Å²) < 4.78 is 46.3. The van der Waals surface area contributed by atoms with E-state index < -0.39 is 17.9 Å². The van der Waals surface area contributed by atoms with Gasteiger partial charge in [0.25, 0.3) is 6.43 Å². The Morgan fingerprint density at radius 1 is 1.00 bits per heavy atom. The lowest BCUT2D eigenvalue weighted by atomic mass is 9.99. The summed E-state index contributed by atoms with van der Waals surface area (Å²) in [5.74, 6) is -0.454. The van der Waals surface area contributed by atoms with Crippen molar-refractivity contribution in [3.8, 4) is 28.3 Å². The molecule has 0 aliphatic rings. The summed E-state index contributed by atoms with van der Waals surface area (Å²) in [5, 5.41) is 0. The van der Waals surface area contributed by atoms with Crippen LogP contribution < -0.4 is 10.5 Å². The number of pyridine rings is 1. The molecule has 7 nitrogen and oxygen atoms in total. The monoisotopic (exact) mass is 438 g/mol. The first-order valence-electron chi connectivity index (χ1n) is 9.49. The summed E-state index contributed by atoms with van der Waals surface area (Å²) in [6, 6.07) is 10.1. The highest BCUT2D eigenvalue weighted by atomic mass is 19.3. The van der Waals surface area contributed by atoms with Crippen molar-refractivity contribution in [1.29, 1.82) is 0 Å². The van der Waals surface area contributed by atoms with Crippen molar-refractivity contribution < 1.29 is 17.9 Å². The molecule has 1 aromatic carbocycles. The molecule has 32 heavy (non-hydrogen) atoms. The first kappa shape index (κ1) is 21.2. The third-order valence-corrected chi connectivity index (χ3v) is 4.50. The van der Waals surface area contributed by atoms with E-state index in [2.05, 4.69) is 24.9 Å². The fourth-order valence-corrected chi connectivity index (χ4v) is 3.13. The number of aromatic nitrogens is 5. The molecule has 0 bridgehead atoms. The van der Waals surface area contributed by atoms with E-state index in [1.54, 1.807) is 25.3 Å². The number of rotatable bonds is 6. The Bertz CT molecular complexity index is 1240. The van der Waals surface area contributed by atoms with Crippen molar-refractivity contribution >= 4 is 5.95 Å². The Kier molecular flexibility index (Phi) is 5.93. The predicted molar refractivity (Wildman–Crippen MR) is 111 cm³/mol. The fourth-order valence-electron chi connectivity index (χ4n) is 3.13. The smallest absolute Gasteiger partial charge is 0.280 e. The molecule has 0 radical (unpaired) electrons. The molecule has 0 aliphatic heterocycles. The minimum absolute atomic E-state index is 0.0284. The molecule has 2 N–H and O–H groups in total. The van der Waals surface area contributed by atoms with E-state index in [4.69, 9.17) is 10.5 Å². The van der Waals surface area contributed by atoms with Crippen LogP contribution in [0.5, 0.6) is 5.88 Å². The average molecular weight is 438 g/mol. The molecular formula is C22H17F3N6O. The Hall–Kier alpha value is -4.08. The van der Waals surface area contributed by atoms with Gasteiger partial charge in [0.2, 0.25) is 11.8 Å². The molecule has 0 saturated carbocycles. The number of aryl methyl sites for hydroxylation is 1. The normalized spacial score (nSPS) is 11.0. The van der Waals surface area contributed by atoms with Crippen molar-refractivity contribution in [3.63, 3.8) is 0 Å². The molecule has 3 aromatic heterocycles. The fraction of sp³-hybridized carbons (Fsp3) is 0.136. The van der Waals surface area contributed by atoms with E-state index in [1.807, 2.05) is 0 Å². The molecular weight excluding hydrogens is 421 g/mol. The average Bonchev–Trinajstić information content (AvgIpc) is 2.78. The quantitative estimate of drug-likeness (QED) is 0.472. The van der Waals surface area contributed by atoms with Crippen molar-refractivity contribution in [2.24, 2.45) is 0 Å². The summed E-state index contributed by atoms with van der Waals surface area (Å²) in [4.78, 5) is 20.3. The first-order valence-corrected chi connectivity index (χ1v) is 9.49. The SMILES string of the molecule is Cc1cc(-c2c(OCc3ccncn3)nc(N)nc2-c2ccc(F)cc2)cc(C(F)F)n1. The molecule has 0 unspecified atom stereocenters. The molecule has 3 heterocycles. The molecule has 0 saturated heterocycles. The van der Waals surface area contributed by atoms with Gasteiger partial charge in [-0.25, -0.2) is 28.1 Å². The largest absolute Gasteiger partial charge is 0.471 e. The van der Waals surface area contributed by atoms with Gasteiger partial charge in [-0.3, -0.25) is 4.98 Å². The lowest BCUT2D eigenvalue weighted by Gasteiger charge is -2.16. The number of ether oxygens (including phenoxy) is 1. The molecule has 0 fully saturated rings. The molecule has 4 aromatic rings. The van der Waals surface area contributed by atoms with Crippen molar-refractivity contribution in [2.45, 2.75) is 20.0 Å². The topological polar surface area (TPSA) is 99.7 Å². The predicted octanol–water partition coefficient (Wildman–Crippen LogP) is 4.54. The molecule has 0 aliphatic carbocycles. The van der Waals surface area contributed by atoms with E-state index in [1.165, 1.54) is 36.7 Å². The number of nitrogens with zero attached hydrogens (tertiary/aromatic N) is 5. The van der Waals surface area contributed by atoms with Gasteiger partial charge in [0.15, 0.2) is 0 Å². The van der Waals surface area contributed by atoms with E-state index in [0.29, 0.717) is 33.8 Å². The highest BCUT2D eigenvalue weighted by molar-refractivity contribution is 5.85. The Balaban J connectivity index is 1.90. The van der Waals surface area contributed by atoms with Crippen LogP contribution in [0.25, 0.3) is 22.4 Å². The van der Waals surface area contributed by atoms with Crippen LogP contribution in [-0.2, 0) is 6.61 Å². The zero-order valence-electron chi connectivity index (χ0n) is 16.8. The minimum Gasteiger partial charge on any atom is -0.471 e. The number of benzene rings is 1. The molecule has 4 rings (SSSR count). The highest BCUT2D eigenvalue weighted by Crippen LogP contribution is 2.39. The Labute approximate surface area is 181 Å². The maximum atomic E-state index is 13.5. The van der Waals surface area contributed by atoms with E-state index in [0.717, 1.165) is 0 Å². The number of hydrogen-bond donors (Lipinski definition) is 1. The van der Waals surface area contributed by atoms with Gasteiger partial charge in [0, 0.05) is 17.5 Å². The number of nitrogen functional groups attached to an aromatic ring is 1. The van der Waals surface area contributed by atoms with Crippen LogP contribution in [0.4, 0.5) is 19.1 Å². The summed E-state index contributed by atoms with van der Waals surface area (Å²) in [6.45, 7) is 1.63. The van der Waals surface area contributed by atoms with Crippen LogP contribution in [0.1, 0.15) is 23.5 Å². The third-order valence-electron chi connectivity index (χ3n) is 4.50. The number of hydrogen-bond acceptors (Lipinski definition) is 7. The first-order chi connectivity index (χ1) is 15.4. The highest BCUT2D eigenvalue weighted by Gasteiger charge is 2.21. The van der Waals surface area contributed by atoms with Gasteiger partial charge in [0.1, 0.15) is 24.4 Å². The zero-order valence-corrected chi connectivity index (χ0v) is 16.8. The van der Waals surface area contributed by atoms with Crippen LogP contribution >= 0.6 is 0 Å². The van der Waals surface area contributed by atoms with Crippen LogP contribution in [0.2, 0.25) is 0 Å². The molecule has 0 spiro atoms. The standard InChI is InChI=1S/C22H17F3N6O/c1-12-8-14(9-17(29-12)20(24)25)18-19(13-2-4-15(23)5-3-13)30-22(26)31-21(18)32-10-16-6-7-27-11-28-16/h2-9,11,20H,10H2,1H3,(H2,26,30,31). The summed E-state index contributed by atoms with van der Waals surface area (Å²) in [5.41, 5.74) is 7.98. The number of halogens is 3. The second-order valence-electron chi connectivity index (χ2n) is 6.83. The summed E-state index contributed by atoms with van der Waals surface area (Å²) in [7, 11) is 0. The number of anilines is 1. The van der Waals surface area contributed by atoms with Crippen LogP contribution in [0.3, 0.4) is 0 Å². The maximum absolute atomic E-state index is 13.5. The third kappa shape index (κ3) is 4.64. The molecule has 0 atom stereocenters. The Morgan fingerprint density at radius 3 is 2.47 bits per heavy atom. The number of nitrogens with two attached hydrogens (primary N) is 1. The molecule has 10 heteroatoms. The van der Waals surface area contributed by atoms with Gasteiger partial charge in [0.05, 0.1) is 17.0 Å². The van der Waals surface area contributed by atoms with Gasteiger partial charge in [-0.2, -0.15) is 4.98 Å². The summed E-state index contributed by atoms with van der Waals surface area (Å²) >= 11 is 0. The minimum atomic E-state index is -2.77. The van der Waals surface area contributed by atoms with Gasteiger partial charge in [-0.15, -0.1) is 0 Å². The van der Waals surface area contributed by atoms with Crippen LogP contribution in [0, 0.1) is 12.7 Å². The van der Waals surface area contributed by atoms with Crippen LogP contribution in [-0.4, -0.2) is 24.9 Å². The zero-order chi connectivity index (χ0) is 22.7. The maximum Gasteiger partial charge on any atom is 0.280 e. The lowest BCUT2D eigenvalue weighted by Crippen LogP contribution is -2.07. The van der Waals surface area contributed by atoms with E-state index >= 15 is 0 Å².